The van der Waals surface area contributed by atoms with Crippen molar-refractivity contribution in [1.82, 2.24) is 5.32 Å². The molecule has 1 saturated heterocycles. The molecule has 3 nitrogen and oxygen atoms in total. The van der Waals surface area contributed by atoms with Gasteiger partial charge in [-0.15, -0.1) is 0 Å². The Bertz CT molecular complexity index is 160. The molecule has 0 amide bonds. The quantitative estimate of drug-likeness (QED) is 0.554. The molecule has 3 N–H and O–H groups in total. The van der Waals surface area contributed by atoms with Crippen LogP contribution in [0.25, 0.3) is 0 Å². The van der Waals surface area contributed by atoms with Crippen molar-refractivity contribution in [2.45, 2.75) is 57.9 Å². The van der Waals surface area contributed by atoms with Gasteiger partial charge in [-0.2, -0.15) is 0 Å². The van der Waals surface area contributed by atoms with Gasteiger partial charge in [0, 0.05) is 12.3 Å². The van der Waals surface area contributed by atoms with Crippen molar-refractivity contribution in [3.8, 4) is 0 Å². The number of nitrogens with one attached hydrogen (secondary N) is 1. The largest absolute Gasteiger partial charge is 0.418 e. The predicted molar refractivity (Wildman–Crippen MR) is 67.2 cm³/mol. The minimum Gasteiger partial charge on any atom is -0.418 e. The molecule has 0 aromatic rings. The van der Waals surface area contributed by atoms with E-state index in [4.69, 9.17) is 10.2 Å². The molecule has 15 heavy (non-hydrogen) atoms. The monoisotopic (exact) mass is 230 g/mol. The molecule has 90 valence electrons. The van der Waals surface area contributed by atoms with Gasteiger partial charge in [-0.25, -0.2) is 0 Å². The van der Waals surface area contributed by atoms with Crippen LogP contribution in [0.3, 0.4) is 0 Å². The van der Waals surface area contributed by atoms with E-state index < -0.39 is 9.04 Å². The van der Waals surface area contributed by atoms with Crippen molar-refractivity contribution in [1.29, 1.82) is 0 Å². The third-order valence-corrected chi connectivity index (χ3v) is 5.87. The summed E-state index contributed by atoms with van der Waals surface area (Å²) in [6.45, 7) is 7.54. The topological polar surface area (TPSA) is 47.3 Å². The van der Waals surface area contributed by atoms with Gasteiger partial charge in [-0.3, -0.25) is 5.32 Å². The van der Waals surface area contributed by atoms with Gasteiger partial charge < -0.3 is 10.2 Å². The highest BCUT2D eigenvalue weighted by Crippen LogP contribution is 2.18. The van der Waals surface area contributed by atoms with E-state index in [0.29, 0.717) is 5.67 Å². The van der Waals surface area contributed by atoms with Gasteiger partial charge in [0.25, 0.3) is 0 Å². The van der Waals surface area contributed by atoms with Crippen LogP contribution >= 0.6 is 0 Å². The number of hydrogen-bond acceptors (Lipinski definition) is 3. The van der Waals surface area contributed by atoms with E-state index >= 15 is 0 Å². The minimum absolute atomic E-state index is 0.0896. The van der Waals surface area contributed by atoms with Gasteiger partial charge >= 0.3 is 0 Å². The van der Waals surface area contributed by atoms with Gasteiger partial charge in [-0.05, 0) is 31.7 Å². The zero-order chi connectivity index (χ0) is 11.3. The van der Waals surface area contributed by atoms with Crippen molar-refractivity contribution < 1.29 is 4.43 Å². The molecule has 0 saturated carbocycles. The number of rotatable bonds is 5. The fraction of sp³-hybridized carbons (Fsp3) is 1.00. The lowest BCUT2D eigenvalue weighted by molar-refractivity contribution is 0.266. The molecule has 0 aromatic carbocycles. The summed E-state index contributed by atoms with van der Waals surface area (Å²) in [6.07, 6.45) is 3.90. The molecule has 3 atom stereocenters. The fourth-order valence-electron chi connectivity index (χ4n) is 2.26. The van der Waals surface area contributed by atoms with Crippen LogP contribution in [0.4, 0.5) is 0 Å². The average molecular weight is 230 g/mol. The molecule has 1 fully saturated rings. The normalized spacial score (nSPS) is 26.6. The summed E-state index contributed by atoms with van der Waals surface area (Å²) >= 11 is 0. The molecule has 4 heteroatoms. The van der Waals surface area contributed by atoms with Crippen molar-refractivity contribution in [2.75, 3.05) is 6.61 Å². The maximum Gasteiger partial charge on any atom is 0.193 e. The van der Waals surface area contributed by atoms with E-state index in [9.17, 15) is 0 Å². The Labute approximate surface area is 95.5 Å². The van der Waals surface area contributed by atoms with Crippen LogP contribution in [-0.4, -0.2) is 27.5 Å². The highest BCUT2D eigenvalue weighted by Gasteiger charge is 2.27. The Kier molecular flexibility index (Phi) is 5.82. The lowest BCUT2D eigenvalue weighted by atomic mass is 10.1. The standard InChI is InChI=1S/C11H26N2OSi/c1-9(2)8-11(13-10(3)12)15-7-5-4-6-14-15/h9-11,13,15H,4-8,12H2,1-3H3. The van der Waals surface area contributed by atoms with Crippen molar-refractivity contribution in [2.24, 2.45) is 11.7 Å². The molecule has 1 rings (SSSR count). The van der Waals surface area contributed by atoms with E-state index in [1.54, 1.807) is 0 Å². The smallest absolute Gasteiger partial charge is 0.193 e. The molecular formula is C11H26N2OSi. The predicted octanol–water partition coefficient (Wildman–Crippen LogP) is 1.37. The second kappa shape index (κ2) is 6.63. The molecular weight excluding hydrogens is 204 g/mol. The van der Waals surface area contributed by atoms with Gasteiger partial charge in [0.2, 0.25) is 0 Å². The zero-order valence-corrected chi connectivity index (χ0v) is 11.5. The van der Waals surface area contributed by atoms with Crippen molar-refractivity contribution in [3.05, 3.63) is 0 Å². The van der Waals surface area contributed by atoms with E-state index in [0.717, 1.165) is 12.5 Å². The lowest BCUT2D eigenvalue weighted by Gasteiger charge is -2.32. The summed E-state index contributed by atoms with van der Waals surface area (Å²) in [5.41, 5.74) is 6.39. The van der Waals surface area contributed by atoms with Crippen LogP contribution in [0.5, 0.6) is 0 Å². The third kappa shape index (κ3) is 5.11. The molecule has 1 aliphatic heterocycles. The Morgan fingerprint density at radius 2 is 2.07 bits per heavy atom. The highest BCUT2D eigenvalue weighted by molar-refractivity contribution is 6.53. The summed E-state index contributed by atoms with van der Waals surface area (Å²) < 4.78 is 5.96. The number of nitrogens with two attached hydrogens (primary N) is 1. The number of hydrogen-bond donors (Lipinski definition) is 2. The maximum atomic E-state index is 5.96. The maximum absolute atomic E-state index is 5.96. The van der Waals surface area contributed by atoms with Crippen LogP contribution in [0.1, 0.15) is 40.0 Å². The summed E-state index contributed by atoms with van der Waals surface area (Å²) in [5.74, 6) is 0.722. The summed E-state index contributed by atoms with van der Waals surface area (Å²) in [4.78, 5) is 0. The Balaban J connectivity index is 2.45. The second-order valence-electron chi connectivity index (χ2n) is 5.10. The van der Waals surface area contributed by atoms with E-state index in [1.165, 1.54) is 25.3 Å². The molecule has 1 aliphatic rings. The molecule has 3 unspecified atom stereocenters. The highest BCUT2D eigenvalue weighted by atomic mass is 28.3. The Morgan fingerprint density at radius 3 is 2.53 bits per heavy atom. The molecule has 0 aliphatic carbocycles. The summed E-state index contributed by atoms with van der Waals surface area (Å²) in [7, 11) is -1.04. The van der Waals surface area contributed by atoms with Crippen molar-refractivity contribution in [3.63, 3.8) is 0 Å². The van der Waals surface area contributed by atoms with Crippen LogP contribution in [0.15, 0.2) is 0 Å². The first kappa shape index (κ1) is 13.2. The van der Waals surface area contributed by atoms with Gasteiger partial charge in [-0.1, -0.05) is 20.3 Å². The average Bonchev–Trinajstić information content (AvgIpc) is 2.17. The van der Waals surface area contributed by atoms with Gasteiger partial charge in [0.15, 0.2) is 9.04 Å². The first-order valence-electron chi connectivity index (χ1n) is 6.23. The minimum atomic E-state index is -1.04. The van der Waals surface area contributed by atoms with Crippen LogP contribution < -0.4 is 11.1 Å². The Morgan fingerprint density at radius 1 is 1.33 bits per heavy atom. The van der Waals surface area contributed by atoms with Gasteiger partial charge in [0.1, 0.15) is 0 Å². The zero-order valence-electron chi connectivity index (χ0n) is 10.3. The SMILES string of the molecule is CC(C)CC(NC(C)N)[SiH]1CCCCO1. The van der Waals surface area contributed by atoms with Crippen LogP contribution in [0, 0.1) is 5.92 Å². The van der Waals surface area contributed by atoms with Crippen molar-refractivity contribution >= 4 is 9.04 Å². The molecule has 0 radical (unpaired) electrons. The summed E-state index contributed by atoms with van der Waals surface area (Å²) in [6, 6.07) is 1.32. The van der Waals surface area contributed by atoms with E-state index in [2.05, 4.69) is 19.2 Å². The Hall–Kier alpha value is 0.0969. The van der Waals surface area contributed by atoms with Crippen LogP contribution in [-0.2, 0) is 4.43 Å². The second-order valence-corrected chi connectivity index (χ2v) is 7.89. The lowest BCUT2D eigenvalue weighted by Crippen LogP contribution is -2.52. The van der Waals surface area contributed by atoms with Gasteiger partial charge in [0.05, 0.1) is 6.17 Å². The molecule has 0 spiro atoms. The van der Waals surface area contributed by atoms with E-state index in [1.807, 2.05) is 6.92 Å². The first-order valence-corrected chi connectivity index (χ1v) is 8.18. The van der Waals surface area contributed by atoms with E-state index in [-0.39, 0.29) is 6.17 Å². The van der Waals surface area contributed by atoms with Crippen LogP contribution in [0.2, 0.25) is 6.04 Å². The summed E-state index contributed by atoms with van der Waals surface area (Å²) in [5, 5.41) is 3.50. The molecule has 0 bridgehead atoms. The fourth-order valence-corrected chi connectivity index (χ4v) is 5.58. The molecule has 1 heterocycles. The third-order valence-electron chi connectivity index (χ3n) is 2.87. The molecule has 0 aromatic heterocycles. The first-order chi connectivity index (χ1) is 7.09.